The summed E-state index contributed by atoms with van der Waals surface area (Å²) < 4.78 is 5.81. The molecule has 0 saturated carbocycles. The number of benzene rings is 2. The molecule has 3 rings (SSSR count). The van der Waals surface area contributed by atoms with Gasteiger partial charge in [0.2, 0.25) is 5.91 Å². The maximum atomic E-state index is 12.6. The number of phenolic OH excluding ortho intramolecular Hbond substituents is 1. The second-order valence-electron chi connectivity index (χ2n) is 6.87. The van der Waals surface area contributed by atoms with E-state index in [1.165, 1.54) is 12.1 Å². The summed E-state index contributed by atoms with van der Waals surface area (Å²) in [5, 5.41) is 13.1. The smallest absolute Gasteiger partial charge is 0.229 e. The van der Waals surface area contributed by atoms with Crippen molar-refractivity contribution in [2.45, 2.75) is 20.8 Å². The number of carbonyl (C=O) groups is 1. The molecule has 0 unspecified atom stereocenters. The zero-order chi connectivity index (χ0) is 18.2. The summed E-state index contributed by atoms with van der Waals surface area (Å²) in [6, 6.07) is 13.0. The fourth-order valence-corrected chi connectivity index (χ4v) is 2.44. The first-order chi connectivity index (χ1) is 11.8. The number of hydrogen-bond donors (Lipinski definition) is 2. The molecule has 5 heteroatoms. The number of nitrogens with one attached hydrogen (secondary N) is 1. The van der Waals surface area contributed by atoms with E-state index in [1.807, 2.05) is 0 Å². The lowest BCUT2D eigenvalue weighted by atomic mass is 9.95. The number of amides is 1. The average molecular weight is 337 g/mol. The van der Waals surface area contributed by atoms with Crippen molar-refractivity contribution in [3.8, 4) is 17.1 Å². The van der Waals surface area contributed by atoms with E-state index in [9.17, 15) is 14.7 Å². The highest BCUT2D eigenvalue weighted by Gasteiger charge is 2.22. The van der Waals surface area contributed by atoms with E-state index in [0.717, 1.165) is 0 Å². The molecule has 0 spiro atoms. The molecule has 2 N–H and O–H groups in total. The van der Waals surface area contributed by atoms with E-state index in [4.69, 9.17) is 4.42 Å². The highest BCUT2D eigenvalue weighted by molar-refractivity contribution is 6.02. The van der Waals surface area contributed by atoms with E-state index in [0.29, 0.717) is 22.2 Å². The van der Waals surface area contributed by atoms with Crippen molar-refractivity contribution in [2.75, 3.05) is 5.32 Å². The molecule has 1 amide bonds. The van der Waals surface area contributed by atoms with E-state index < -0.39 is 5.41 Å². The second-order valence-corrected chi connectivity index (χ2v) is 6.87. The Morgan fingerprint density at radius 1 is 1.08 bits per heavy atom. The van der Waals surface area contributed by atoms with Gasteiger partial charge in [0.15, 0.2) is 5.43 Å². The van der Waals surface area contributed by atoms with E-state index in [2.05, 4.69) is 5.32 Å². The highest BCUT2D eigenvalue weighted by Crippen LogP contribution is 2.31. The molecule has 128 valence electrons. The Kier molecular flexibility index (Phi) is 4.08. The van der Waals surface area contributed by atoms with Crippen molar-refractivity contribution in [3.05, 3.63) is 58.8 Å². The predicted molar refractivity (Wildman–Crippen MR) is 97.7 cm³/mol. The van der Waals surface area contributed by atoms with E-state index >= 15 is 0 Å². The fraction of sp³-hybridized carbons (Fsp3) is 0.200. The summed E-state index contributed by atoms with van der Waals surface area (Å²) in [4.78, 5) is 24.9. The van der Waals surface area contributed by atoms with Crippen LogP contribution in [0, 0.1) is 5.41 Å². The number of rotatable bonds is 2. The third-order valence-electron chi connectivity index (χ3n) is 3.85. The Morgan fingerprint density at radius 3 is 2.48 bits per heavy atom. The lowest BCUT2D eigenvalue weighted by Crippen LogP contribution is -2.28. The van der Waals surface area contributed by atoms with Crippen molar-refractivity contribution < 1.29 is 14.3 Å². The zero-order valence-electron chi connectivity index (χ0n) is 14.3. The van der Waals surface area contributed by atoms with Gasteiger partial charge < -0.3 is 14.8 Å². The molecular weight excluding hydrogens is 318 g/mol. The maximum absolute atomic E-state index is 12.6. The van der Waals surface area contributed by atoms with Crippen molar-refractivity contribution in [3.63, 3.8) is 0 Å². The third-order valence-corrected chi connectivity index (χ3v) is 3.85. The normalized spacial score (nSPS) is 11.5. The molecule has 0 bridgehead atoms. The van der Waals surface area contributed by atoms with E-state index in [-0.39, 0.29) is 22.8 Å². The monoisotopic (exact) mass is 337 g/mol. The third kappa shape index (κ3) is 3.26. The number of carbonyl (C=O) groups excluding carboxylic acids is 1. The minimum Gasteiger partial charge on any atom is -0.507 e. The molecule has 5 nitrogen and oxygen atoms in total. The van der Waals surface area contributed by atoms with Gasteiger partial charge in [0.05, 0.1) is 16.6 Å². The maximum Gasteiger partial charge on any atom is 0.229 e. The van der Waals surface area contributed by atoms with Gasteiger partial charge in [-0.25, -0.2) is 0 Å². The average Bonchev–Trinajstić information content (AvgIpc) is 2.54. The van der Waals surface area contributed by atoms with Gasteiger partial charge in [0.25, 0.3) is 0 Å². The molecule has 0 saturated heterocycles. The summed E-state index contributed by atoms with van der Waals surface area (Å²) in [5.74, 6) is 0.112. The van der Waals surface area contributed by atoms with Crippen LogP contribution in [0.4, 0.5) is 5.69 Å². The summed E-state index contributed by atoms with van der Waals surface area (Å²) in [5.41, 5.74) is 0.320. The Balaban J connectivity index is 2.14. The lowest BCUT2D eigenvalue weighted by molar-refractivity contribution is -0.123. The molecule has 0 atom stereocenters. The minimum absolute atomic E-state index is 0.0298. The van der Waals surface area contributed by atoms with Crippen LogP contribution in [-0.2, 0) is 4.79 Å². The van der Waals surface area contributed by atoms with Crippen molar-refractivity contribution >= 4 is 22.6 Å². The van der Waals surface area contributed by atoms with Gasteiger partial charge in [-0.3, -0.25) is 9.59 Å². The molecule has 0 fully saturated rings. The fourth-order valence-electron chi connectivity index (χ4n) is 2.44. The lowest BCUT2D eigenvalue weighted by Gasteiger charge is -2.18. The molecule has 25 heavy (non-hydrogen) atoms. The molecular formula is C20H19NO4. The highest BCUT2D eigenvalue weighted by atomic mass is 16.3. The van der Waals surface area contributed by atoms with Crippen LogP contribution in [0.2, 0.25) is 0 Å². The van der Waals surface area contributed by atoms with Gasteiger partial charge in [0.1, 0.15) is 17.1 Å². The number of fused-ring (bicyclic) bond motifs is 1. The van der Waals surface area contributed by atoms with Gasteiger partial charge in [-0.15, -0.1) is 0 Å². The molecule has 1 aromatic heterocycles. The van der Waals surface area contributed by atoms with Crippen LogP contribution in [0.1, 0.15) is 20.8 Å². The van der Waals surface area contributed by atoms with Crippen LogP contribution in [0.25, 0.3) is 22.3 Å². The number of aromatic hydroxyl groups is 1. The van der Waals surface area contributed by atoms with Gasteiger partial charge in [-0.05, 0) is 24.3 Å². The second kappa shape index (κ2) is 6.09. The van der Waals surface area contributed by atoms with Crippen LogP contribution < -0.4 is 10.7 Å². The van der Waals surface area contributed by atoms with Gasteiger partial charge in [-0.1, -0.05) is 39.0 Å². The largest absolute Gasteiger partial charge is 0.507 e. The Hall–Kier alpha value is -3.08. The molecule has 0 aliphatic heterocycles. The van der Waals surface area contributed by atoms with Crippen molar-refractivity contribution in [1.29, 1.82) is 0 Å². The topological polar surface area (TPSA) is 79.5 Å². The number of para-hydroxylation sites is 1. The Bertz CT molecular complexity index is 1010. The van der Waals surface area contributed by atoms with Crippen LogP contribution in [0.5, 0.6) is 5.75 Å². The Labute approximate surface area is 144 Å². The van der Waals surface area contributed by atoms with Gasteiger partial charge in [0, 0.05) is 11.5 Å². The first-order valence-corrected chi connectivity index (χ1v) is 7.94. The van der Waals surface area contributed by atoms with Gasteiger partial charge in [-0.2, -0.15) is 0 Å². The van der Waals surface area contributed by atoms with Gasteiger partial charge >= 0.3 is 0 Å². The summed E-state index contributed by atoms with van der Waals surface area (Å²) in [7, 11) is 0. The minimum atomic E-state index is -0.585. The SMILES string of the molecule is CC(C)(C)C(=O)Nc1cccc2oc(-c3ccccc3O)cc(=O)c12. The molecule has 0 radical (unpaired) electrons. The van der Waals surface area contributed by atoms with Crippen molar-refractivity contribution in [1.82, 2.24) is 0 Å². The number of hydrogen-bond acceptors (Lipinski definition) is 4. The zero-order valence-corrected chi connectivity index (χ0v) is 14.3. The molecule has 0 aliphatic rings. The first-order valence-electron chi connectivity index (χ1n) is 7.94. The van der Waals surface area contributed by atoms with Crippen LogP contribution in [0.3, 0.4) is 0 Å². The first kappa shape index (κ1) is 16.8. The summed E-state index contributed by atoms with van der Waals surface area (Å²) in [6.07, 6.45) is 0. The predicted octanol–water partition coefficient (Wildman–Crippen LogP) is 4.15. The molecule has 0 aliphatic carbocycles. The van der Waals surface area contributed by atoms with Crippen molar-refractivity contribution in [2.24, 2.45) is 5.41 Å². The van der Waals surface area contributed by atoms with Crippen LogP contribution in [0.15, 0.2) is 57.7 Å². The quantitative estimate of drug-likeness (QED) is 0.736. The van der Waals surface area contributed by atoms with Crippen LogP contribution in [-0.4, -0.2) is 11.0 Å². The molecule has 3 aromatic rings. The standard InChI is InChI=1S/C20H19NO4/c1-20(2,3)19(24)21-13-8-6-10-16-18(13)15(23)11-17(25-16)12-7-4-5-9-14(12)22/h4-11,22H,1-3H3,(H,21,24). The van der Waals surface area contributed by atoms with E-state index in [1.54, 1.807) is 57.2 Å². The summed E-state index contributed by atoms with van der Waals surface area (Å²) in [6.45, 7) is 5.39. The Morgan fingerprint density at radius 2 is 1.80 bits per heavy atom. The molecule has 2 aromatic carbocycles. The number of anilines is 1. The van der Waals surface area contributed by atoms with Crippen LogP contribution >= 0.6 is 0 Å². The molecule has 1 heterocycles. The number of phenols is 1. The summed E-state index contributed by atoms with van der Waals surface area (Å²) >= 11 is 0.